The summed E-state index contributed by atoms with van der Waals surface area (Å²) < 4.78 is 7.43. The second-order valence-corrected chi connectivity index (χ2v) is 6.56. The highest BCUT2D eigenvalue weighted by atomic mass is 16.5. The number of amides is 2. The number of nitrogens with zero attached hydrogens (tertiary/aromatic N) is 4. The summed E-state index contributed by atoms with van der Waals surface area (Å²) >= 11 is 0. The summed E-state index contributed by atoms with van der Waals surface area (Å²) in [7, 11) is 1.55. The Balaban J connectivity index is 1.68. The minimum Gasteiger partial charge on any atom is -0.486 e. The summed E-state index contributed by atoms with van der Waals surface area (Å²) in [5.74, 6) is 0.590. The highest BCUT2D eigenvalue weighted by Gasteiger charge is 2.12. The molecule has 1 aromatic heterocycles. The number of ether oxygens (including phenoxy) is 1. The van der Waals surface area contributed by atoms with E-state index >= 15 is 0 Å². The van der Waals surface area contributed by atoms with Crippen LogP contribution in [0, 0.1) is 0 Å². The lowest BCUT2D eigenvalue weighted by atomic mass is 10.1. The fraction of sp³-hybridized carbons (Fsp3) is 0.250. The van der Waals surface area contributed by atoms with Gasteiger partial charge in [-0.15, -0.1) is 5.10 Å². The highest BCUT2D eigenvalue weighted by Crippen LogP contribution is 2.18. The van der Waals surface area contributed by atoms with Gasteiger partial charge in [-0.1, -0.05) is 12.1 Å². The average molecular weight is 394 g/mol. The molecule has 0 fully saturated rings. The first-order valence-corrected chi connectivity index (χ1v) is 9.11. The van der Waals surface area contributed by atoms with Gasteiger partial charge in [-0.2, -0.15) is 0 Å². The van der Waals surface area contributed by atoms with Crippen LogP contribution < -0.4 is 15.4 Å². The molecule has 0 saturated carbocycles. The van der Waals surface area contributed by atoms with Crippen molar-refractivity contribution in [3.8, 4) is 5.75 Å². The molecule has 9 nitrogen and oxygen atoms in total. The number of benzene rings is 2. The molecule has 3 rings (SSSR count). The lowest BCUT2D eigenvalue weighted by Crippen LogP contribution is -2.18. The third-order valence-electron chi connectivity index (χ3n) is 4.12. The summed E-state index contributed by atoms with van der Waals surface area (Å²) in [4.78, 5) is 24.3. The zero-order chi connectivity index (χ0) is 20.8. The van der Waals surface area contributed by atoms with Gasteiger partial charge in [0.2, 0.25) is 0 Å². The van der Waals surface area contributed by atoms with Crippen LogP contribution in [0.3, 0.4) is 0 Å². The van der Waals surface area contributed by atoms with Gasteiger partial charge in [-0.3, -0.25) is 9.59 Å². The number of nitrogens with one attached hydrogen (secondary N) is 2. The summed E-state index contributed by atoms with van der Waals surface area (Å²) in [6.07, 6.45) is 0. The van der Waals surface area contributed by atoms with Crippen LogP contribution in [-0.4, -0.2) is 39.1 Å². The van der Waals surface area contributed by atoms with Gasteiger partial charge in [0.25, 0.3) is 11.8 Å². The quantitative estimate of drug-likeness (QED) is 0.637. The Morgan fingerprint density at radius 2 is 1.79 bits per heavy atom. The molecule has 0 aliphatic rings. The molecule has 0 saturated heterocycles. The van der Waals surface area contributed by atoms with Crippen LogP contribution in [0.4, 0.5) is 5.69 Å². The fourth-order valence-electron chi connectivity index (χ4n) is 2.67. The Labute approximate surface area is 168 Å². The van der Waals surface area contributed by atoms with Crippen LogP contribution in [0.5, 0.6) is 5.75 Å². The number of tetrazole rings is 1. The molecule has 2 N–H and O–H groups in total. The summed E-state index contributed by atoms with van der Waals surface area (Å²) in [6.45, 7) is 4.14. The zero-order valence-corrected chi connectivity index (χ0v) is 16.4. The van der Waals surface area contributed by atoms with Crippen molar-refractivity contribution in [3.63, 3.8) is 0 Å². The van der Waals surface area contributed by atoms with E-state index in [9.17, 15) is 9.59 Å². The molecular weight excluding hydrogens is 372 g/mol. The lowest BCUT2D eigenvalue weighted by molar-refractivity contribution is 0.0961. The van der Waals surface area contributed by atoms with Crippen LogP contribution in [-0.2, 0) is 6.61 Å². The molecule has 0 aliphatic carbocycles. The third-order valence-corrected chi connectivity index (χ3v) is 4.12. The first-order valence-electron chi connectivity index (χ1n) is 9.11. The molecule has 29 heavy (non-hydrogen) atoms. The number of anilines is 1. The predicted octanol–water partition coefficient (Wildman–Crippen LogP) is 2.44. The van der Waals surface area contributed by atoms with Crippen molar-refractivity contribution >= 4 is 17.5 Å². The molecule has 0 bridgehead atoms. The van der Waals surface area contributed by atoms with E-state index in [0.29, 0.717) is 28.4 Å². The Bertz CT molecular complexity index is 1010. The minimum atomic E-state index is -0.309. The van der Waals surface area contributed by atoms with Gasteiger partial charge in [0.05, 0.1) is 6.04 Å². The third kappa shape index (κ3) is 4.95. The van der Waals surface area contributed by atoms with Crippen LogP contribution in [0.15, 0.2) is 48.5 Å². The highest BCUT2D eigenvalue weighted by molar-refractivity contribution is 6.05. The van der Waals surface area contributed by atoms with E-state index in [1.165, 1.54) is 0 Å². The molecule has 2 amide bonds. The van der Waals surface area contributed by atoms with Crippen molar-refractivity contribution in [2.24, 2.45) is 0 Å². The first-order chi connectivity index (χ1) is 14.0. The van der Waals surface area contributed by atoms with E-state index < -0.39 is 0 Å². The van der Waals surface area contributed by atoms with Crippen molar-refractivity contribution < 1.29 is 14.3 Å². The van der Waals surface area contributed by atoms with Gasteiger partial charge in [0.1, 0.15) is 12.4 Å². The monoisotopic (exact) mass is 394 g/mol. The van der Waals surface area contributed by atoms with Gasteiger partial charge in [0, 0.05) is 23.9 Å². The number of hydrogen-bond acceptors (Lipinski definition) is 6. The molecular formula is C20H22N6O3. The van der Waals surface area contributed by atoms with Crippen molar-refractivity contribution in [3.05, 3.63) is 65.5 Å². The summed E-state index contributed by atoms with van der Waals surface area (Å²) in [6, 6.07) is 13.6. The number of rotatable bonds is 7. The van der Waals surface area contributed by atoms with Crippen molar-refractivity contribution in [1.82, 2.24) is 25.5 Å². The largest absolute Gasteiger partial charge is 0.486 e. The van der Waals surface area contributed by atoms with Crippen LogP contribution in [0.2, 0.25) is 0 Å². The maximum atomic E-state index is 12.6. The van der Waals surface area contributed by atoms with Crippen molar-refractivity contribution in [1.29, 1.82) is 0 Å². The van der Waals surface area contributed by atoms with Gasteiger partial charge in [-0.05, 0) is 60.7 Å². The molecule has 9 heteroatoms. The SMILES string of the molecule is CNC(=O)c1cccc(NC(=O)c2cccc(OCc3nnnn3C(C)C)c2)c1. The Morgan fingerprint density at radius 3 is 2.52 bits per heavy atom. The zero-order valence-electron chi connectivity index (χ0n) is 16.4. The second-order valence-electron chi connectivity index (χ2n) is 6.56. The maximum Gasteiger partial charge on any atom is 0.255 e. The standard InChI is InChI=1S/C20H22N6O3/c1-13(2)26-18(23-24-25-26)12-29-17-9-5-7-15(11-17)20(28)22-16-8-4-6-14(10-16)19(27)21-3/h4-11,13H,12H2,1-3H3,(H,21,27)(H,22,28). The average Bonchev–Trinajstić information content (AvgIpc) is 3.21. The normalized spacial score (nSPS) is 10.6. The molecule has 1 heterocycles. The van der Waals surface area contributed by atoms with E-state index in [4.69, 9.17) is 4.74 Å². The molecule has 0 unspecified atom stereocenters. The first kappa shape index (κ1) is 20.0. The Hall–Kier alpha value is -3.75. The Kier molecular flexibility index (Phi) is 6.18. The van der Waals surface area contributed by atoms with E-state index in [2.05, 4.69) is 26.2 Å². The molecule has 0 aliphatic heterocycles. The van der Waals surface area contributed by atoms with Crippen molar-refractivity contribution in [2.45, 2.75) is 26.5 Å². The van der Waals surface area contributed by atoms with Gasteiger partial charge >= 0.3 is 0 Å². The van der Waals surface area contributed by atoms with Crippen molar-refractivity contribution in [2.75, 3.05) is 12.4 Å². The topological polar surface area (TPSA) is 111 Å². The molecule has 0 atom stereocenters. The van der Waals surface area contributed by atoms with Crippen LogP contribution >= 0.6 is 0 Å². The van der Waals surface area contributed by atoms with E-state index in [-0.39, 0.29) is 24.5 Å². The number of carbonyl (C=O) groups is 2. The molecule has 0 spiro atoms. The van der Waals surface area contributed by atoms with Gasteiger partial charge in [-0.25, -0.2) is 4.68 Å². The van der Waals surface area contributed by atoms with E-state index in [1.807, 2.05) is 13.8 Å². The molecule has 3 aromatic rings. The van der Waals surface area contributed by atoms with E-state index in [1.54, 1.807) is 60.3 Å². The van der Waals surface area contributed by atoms with Crippen LogP contribution in [0.1, 0.15) is 46.4 Å². The van der Waals surface area contributed by atoms with Gasteiger partial charge < -0.3 is 15.4 Å². The summed E-state index contributed by atoms with van der Waals surface area (Å²) in [5.41, 5.74) is 1.42. The predicted molar refractivity (Wildman–Crippen MR) is 107 cm³/mol. The van der Waals surface area contributed by atoms with Gasteiger partial charge in [0.15, 0.2) is 5.82 Å². The Morgan fingerprint density at radius 1 is 1.07 bits per heavy atom. The van der Waals surface area contributed by atoms with E-state index in [0.717, 1.165) is 0 Å². The second kappa shape index (κ2) is 8.96. The minimum absolute atomic E-state index is 0.117. The summed E-state index contributed by atoms with van der Waals surface area (Å²) in [5, 5.41) is 16.9. The molecule has 150 valence electrons. The number of hydrogen-bond donors (Lipinski definition) is 2. The molecule has 0 radical (unpaired) electrons. The number of carbonyl (C=O) groups excluding carboxylic acids is 2. The number of aromatic nitrogens is 4. The molecule has 2 aromatic carbocycles. The maximum absolute atomic E-state index is 12.6. The fourth-order valence-corrected chi connectivity index (χ4v) is 2.67. The lowest BCUT2D eigenvalue weighted by Gasteiger charge is -2.10. The smallest absolute Gasteiger partial charge is 0.255 e. The van der Waals surface area contributed by atoms with Crippen LogP contribution in [0.25, 0.3) is 0 Å².